The van der Waals surface area contributed by atoms with E-state index in [-0.39, 0.29) is 5.91 Å². The number of hydrogen-bond acceptors (Lipinski definition) is 4. The first-order chi connectivity index (χ1) is 14.1. The van der Waals surface area contributed by atoms with Crippen molar-refractivity contribution in [3.05, 3.63) is 28.7 Å². The van der Waals surface area contributed by atoms with Crippen LogP contribution in [0.25, 0.3) is 0 Å². The van der Waals surface area contributed by atoms with Gasteiger partial charge in [0.15, 0.2) is 0 Å². The first-order valence-corrected chi connectivity index (χ1v) is 11.8. The summed E-state index contributed by atoms with van der Waals surface area (Å²) in [5.41, 5.74) is 1.31. The van der Waals surface area contributed by atoms with E-state index in [4.69, 9.17) is 5.26 Å². The second-order valence-corrected chi connectivity index (χ2v) is 9.31. The van der Waals surface area contributed by atoms with E-state index in [2.05, 4.69) is 61.4 Å². The summed E-state index contributed by atoms with van der Waals surface area (Å²) in [5.74, 6) is 0.914. The molecule has 1 saturated heterocycles. The van der Waals surface area contributed by atoms with Crippen molar-refractivity contribution < 1.29 is 4.79 Å². The van der Waals surface area contributed by atoms with Gasteiger partial charge >= 0.3 is 0 Å². The highest BCUT2D eigenvalue weighted by Gasteiger charge is 2.24. The molecule has 6 heteroatoms. The van der Waals surface area contributed by atoms with Crippen LogP contribution >= 0.6 is 15.9 Å². The SMILES string of the molecule is N#CCCCC(=O)NC1CCC(CCN2CCN(c3cccc(Br)c3)CC2)CC1. The van der Waals surface area contributed by atoms with E-state index in [9.17, 15) is 4.79 Å². The van der Waals surface area contributed by atoms with Gasteiger partial charge in [0.1, 0.15) is 0 Å². The first kappa shape index (κ1) is 22.1. The molecule has 0 unspecified atom stereocenters. The molecule has 2 aliphatic rings. The number of benzene rings is 1. The van der Waals surface area contributed by atoms with Crippen molar-refractivity contribution in [2.75, 3.05) is 37.6 Å². The second kappa shape index (κ2) is 11.6. The Kier molecular flexibility index (Phi) is 8.82. The summed E-state index contributed by atoms with van der Waals surface area (Å²) in [4.78, 5) is 17.0. The Morgan fingerprint density at radius 1 is 1.17 bits per heavy atom. The molecular formula is C23H33BrN4O. The van der Waals surface area contributed by atoms with Gasteiger partial charge in [0.2, 0.25) is 5.91 Å². The summed E-state index contributed by atoms with van der Waals surface area (Å²) in [6, 6.07) is 11.0. The lowest BCUT2D eigenvalue weighted by atomic mass is 9.84. The summed E-state index contributed by atoms with van der Waals surface area (Å²) in [6.07, 6.45) is 7.56. The third-order valence-electron chi connectivity index (χ3n) is 6.30. The number of halogens is 1. The van der Waals surface area contributed by atoms with Gasteiger partial charge in [-0.05, 0) is 69.2 Å². The van der Waals surface area contributed by atoms with Crippen LogP contribution in [0.2, 0.25) is 0 Å². The van der Waals surface area contributed by atoms with E-state index < -0.39 is 0 Å². The molecule has 0 spiro atoms. The van der Waals surface area contributed by atoms with Gasteiger partial charge in [-0.15, -0.1) is 0 Å². The molecule has 29 heavy (non-hydrogen) atoms. The molecule has 0 atom stereocenters. The number of nitrogens with zero attached hydrogens (tertiary/aromatic N) is 3. The van der Waals surface area contributed by atoms with Crippen LogP contribution in [0.15, 0.2) is 28.7 Å². The lowest BCUT2D eigenvalue weighted by Crippen LogP contribution is -2.47. The summed E-state index contributed by atoms with van der Waals surface area (Å²) in [5, 5.41) is 11.7. The largest absolute Gasteiger partial charge is 0.369 e. The minimum absolute atomic E-state index is 0.118. The average molecular weight is 461 g/mol. The molecule has 1 amide bonds. The van der Waals surface area contributed by atoms with E-state index >= 15 is 0 Å². The zero-order valence-corrected chi connectivity index (χ0v) is 18.9. The van der Waals surface area contributed by atoms with E-state index in [1.54, 1.807) is 0 Å². The molecule has 0 radical (unpaired) electrons. The second-order valence-electron chi connectivity index (χ2n) is 8.39. The molecular weight excluding hydrogens is 428 g/mol. The maximum absolute atomic E-state index is 11.9. The van der Waals surface area contributed by atoms with Gasteiger partial charge < -0.3 is 10.2 Å². The van der Waals surface area contributed by atoms with E-state index in [1.165, 1.54) is 31.5 Å². The van der Waals surface area contributed by atoms with Crippen LogP contribution in [0.4, 0.5) is 5.69 Å². The molecule has 0 bridgehead atoms. The molecule has 1 aromatic carbocycles. The third-order valence-corrected chi connectivity index (χ3v) is 6.80. The molecule has 2 fully saturated rings. The summed E-state index contributed by atoms with van der Waals surface area (Å²) in [7, 11) is 0. The Bertz CT molecular complexity index is 688. The molecule has 1 aliphatic heterocycles. The van der Waals surface area contributed by atoms with Gasteiger partial charge in [0, 0.05) is 55.2 Å². The number of nitrogens with one attached hydrogen (secondary N) is 1. The van der Waals surface area contributed by atoms with Gasteiger partial charge in [-0.2, -0.15) is 5.26 Å². The topological polar surface area (TPSA) is 59.4 Å². The number of anilines is 1. The normalized spacial score (nSPS) is 22.8. The lowest BCUT2D eigenvalue weighted by molar-refractivity contribution is -0.122. The lowest BCUT2D eigenvalue weighted by Gasteiger charge is -2.37. The molecule has 1 heterocycles. The fraction of sp³-hybridized carbons (Fsp3) is 0.652. The fourth-order valence-corrected chi connectivity index (χ4v) is 4.88. The Hall–Kier alpha value is -1.58. The van der Waals surface area contributed by atoms with Crippen molar-refractivity contribution in [3.8, 4) is 6.07 Å². The highest BCUT2D eigenvalue weighted by Crippen LogP contribution is 2.28. The predicted octanol–water partition coefficient (Wildman–Crippen LogP) is 4.33. The molecule has 1 aromatic rings. The number of unbranched alkanes of at least 4 members (excludes halogenated alkanes) is 1. The number of carbonyl (C=O) groups excluding carboxylic acids is 1. The minimum Gasteiger partial charge on any atom is -0.369 e. The molecule has 5 nitrogen and oxygen atoms in total. The first-order valence-electron chi connectivity index (χ1n) is 11.0. The quantitative estimate of drug-likeness (QED) is 0.586. The van der Waals surface area contributed by atoms with Gasteiger partial charge in [0.05, 0.1) is 6.07 Å². The number of piperazine rings is 1. The average Bonchev–Trinajstić information content (AvgIpc) is 2.74. The van der Waals surface area contributed by atoms with Crippen molar-refractivity contribution in [1.82, 2.24) is 10.2 Å². The van der Waals surface area contributed by atoms with E-state index in [1.807, 2.05) is 0 Å². The number of nitriles is 1. The Morgan fingerprint density at radius 3 is 2.62 bits per heavy atom. The number of hydrogen-bond donors (Lipinski definition) is 1. The van der Waals surface area contributed by atoms with Crippen LogP contribution in [0.3, 0.4) is 0 Å². The fourth-order valence-electron chi connectivity index (χ4n) is 4.49. The maximum Gasteiger partial charge on any atom is 0.220 e. The zero-order valence-electron chi connectivity index (χ0n) is 17.3. The van der Waals surface area contributed by atoms with Crippen molar-refractivity contribution in [2.45, 2.75) is 57.4 Å². The molecule has 1 saturated carbocycles. The van der Waals surface area contributed by atoms with Crippen LogP contribution in [-0.4, -0.2) is 49.6 Å². The van der Waals surface area contributed by atoms with Crippen molar-refractivity contribution in [1.29, 1.82) is 5.26 Å². The van der Waals surface area contributed by atoms with Crippen LogP contribution in [0.1, 0.15) is 51.4 Å². The highest BCUT2D eigenvalue weighted by molar-refractivity contribution is 9.10. The Morgan fingerprint density at radius 2 is 1.93 bits per heavy atom. The monoisotopic (exact) mass is 460 g/mol. The van der Waals surface area contributed by atoms with Gasteiger partial charge in [-0.3, -0.25) is 9.69 Å². The predicted molar refractivity (Wildman–Crippen MR) is 121 cm³/mol. The third kappa shape index (κ3) is 7.31. The zero-order chi connectivity index (χ0) is 20.5. The molecule has 3 rings (SSSR count). The Balaban J connectivity index is 1.29. The molecule has 158 valence electrons. The minimum atomic E-state index is 0.118. The standard InChI is InChI=1S/C23H33BrN4O/c24-20-4-3-5-22(18-20)28-16-14-27(15-17-28)13-11-19-7-9-21(10-8-19)26-23(29)6-1-2-12-25/h3-5,18-19,21H,1-2,6-11,13-17H2,(H,26,29). The molecule has 1 N–H and O–H groups in total. The molecule has 0 aromatic heterocycles. The van der Waals surface area contributed by atoms with Crippen LogP contribution in [0, 0.1) is 17.2 Å². The van der Waals surface area contributed by atoms with E-state index in [0.29, 0.717) is 25.3 Å². The van der Waals surface area contributed by atoms with Crippen molar-refractivity contribution in [3.63, 3.8) is 0 Å². The van der Waals surface area contributed by atoms with Crippen molar-refractivity contribution >= 4 is 27.5 Å². The number of rotatable bonds is 8. The van der Waals surface area contributed by atoms with Crippen molar-refractivity contribution in [2.24, 2.45) is 5.92 Å². The number of amides is 1. The highest BCUT2D eigenvalue weighted by atomic mass is 79.9. The van der Waals surface area contributed by atoms with Crippen LogP contribution in [-0.2, 0) is 4.79 Å². The van der Waals surface area contributed by atoms with Crippen LogP contribution in [0.5, 0.6) is 0 Å². The smallest absolute Gasteiger partial charge is 0.220 e. The summed E-state index contributed by atoms with van der Waals surface area (Å²) < 4.78 is 1.14. The summed E-state index contributed by atoms with van der Waals surface area (Å²) >= 11 is 3.57. The van der Waals surface area contributed by atoms with Gasteiger partial charge in [-0.25, -0.2) is 0 Å². The number of carbonyl (C=O) groups is 1. The van der Waals surface area contributed by atoms with Crippen LogP contribution < -0.4 is 10.2 Å². The van der Waals surface area contributed by atoms with E-state index in [0.717, 1.165) is 49.4 Å². The Labute approximate surface area is 183 Å². The maximum atomic E-state index is 11.9. The summed E-state index contributed by atoms with van der Waals surface area (Å²) in [6.45, 7) is 5.67. The molecule has 1 aliphatic carbocycles. The van der Waals surface area contributed by atoms with Gasteiger partial charge in [-0.1, -0.05) is 22.0 Å². The van der Waals surface area contributed by atoms with Gasteiger partial charge in [0.25, 0.3) is 0 Å².